The molecule has 1 N–H and O–H groups in total. The smallest absolute Gasteiger partial charge is 0.169 e. The maximum absolute atomic E-state index is 9.62. The highest BCUT2D eigenvalue weighted by molar-refractivity contribution is 6.35. The number of benzene rings is 4. The van der Waals surface area contributed by atoms with Gasteiger partial charge >= 0.3 is 0 Å². The van der Waals surface area contributed by atoms with Gasteiger partial charge in [0.15, 0.2) is 11.5 Å². The molecule has 0 radical (unpaired) electrons. The van der Waals surface area contributed by atoms with Crippen LogP contribution < -0.4 is 4.74 Å². The van der Waals surface area contributed by atoms with Crippen LogP contribution in [0, 0.1) is 0 Å². The number of phenols is 1. The second-order valence-electron chi connectivity index (χ2n) is 6.50. The van der Waals surface area contributed by atoms with Gasteiger partial charge in [-0.15, -0.1) is 0 Å². The summed E-state index contributed by atoms with van der Waals surface area (Å²) in [5.74, 6) is 0.635. The molecule has 4 aromatic carbocycles. The van der Waals surface area contributed by atoms with Crippen LogP contribution in [0.4, 0.5) is 0 Å². The van der Waals surface area contributed by atoms with Gasteiger partial charge < -0.3 is 9.84 Å². The van der Waals surface area contributed by atoms with Crippen LogP contribution in [0.5, 0.6) is 17.2 Å². The van der Waals surface area contributed by atoms with Gasteiger partial charge in [0, 0.05) is 16.1 Å². The summed E-state index contributed by atoms with van der Waals surface area (Å²) in [5.41, 5.74) is 3.43. The van der Waals surface area contributed by atoms with Crippen LogP contribution in [0.25, 0.3) is 5.57 Å². The molecular formula is C26H19Cl3O2. The maximum atomic E-state index is 9.62. The van der Waals surface area contributed by atoms with E-state index in [-0.39, 0.29) is 11.5 Å². The van der Waals surface area contributed by atoms with Crippen LogP contribution in [0.3, 0.4) is 0 Å². The lowest BCUT2D eigenvalue weighted by Gasteiger charge is -2.09. The maximum Gasteiger partial charge on any atom is 0.169 e. The Bertz CT molecular complexity index is 1070. The fourth-order valence-electron chi connectivity index (χ4n) is 2.70. The van der Waals surface area contributed by atoms with Crippen molar-refractivity contribution in [2.75, 3.05) is 0 Å². The minimum absolute atomic E-state index is 0.0523. The third kappa shape index (κ3) is 6.53. The molecule has 0 aliphatic rings. The largest absolute Gasteiger partial charge is 0.504 e. The van der Waals surface area contributed by atoms with Gasteiger partial charge in [0.25, 0.3) is 0 Å². The minimum atomic E-state index is -0.0523. The van der Waals surface area contributed by atoms with Gasteiger partial charge in [-0.3, -0.25) is 0 Å². The molecule has 4 aromatic rings. The molecule has 0 aliphatic carbocycles. The standard InChI is InChI=1S/C14H12.C12H7Cl3O2/c1-12(13-8-4-2-5-9-13)14-10-6-3-7-11-14;13-7-1-3-11(9(15)5-7)17-12-4-2-8(14)6-10(12)16/h2-11H,1H2;1-6,16H. The van der Waals surface area contributed by atoms with Crippen LogP contribution in [-0.4, -0.2) is 5.11 Å². The highest BCUT2D eigenvalue weighted by Crippen LogP contribution is 2.36. The lowest BCUT2D eigenvalue weighted by Crippen LogP contribution is -1.86. The van der Waals surface area contributed by atoms with Crippen molar-refractivity contribution in [1.29, 1.82) is 0 Å². The molecule has 0 saturated carbocycles. The Morgan fingerprint density at radius 2 is 1.13 bits per heavy atom. The van der Waals surface area contributed by atoms with Crippen LogP contribution in [-0.2, 0) is 0 Å². The lowest BCUT2D eigenvalue weighted by molar-refractivity contribution is 0.411. The van der Waals surface area contributed by atoms with Gasteiger partial charge in [0.1, 0.15) is 5.75 Å². The van der Waals surface area contributed by atoms with Gasteiger partial charge in [-0.2, -0.15) is 0 Å². The second kappa shape index (κ2) is 10.9. The van der Waals surface area contributed by atoms with Gasteiger partial charge in [0.2, 0.25) is 0 Å². The van der Waals surface area contributed by atoms with Crippen LogP contribution in [0.15, 0.2) is 104 Å². The van der Waals surface area contributed by atoms with E-state index in [4.69, 9.17) is 39.5 Å². The first kappa shape index (κ1) is 22.8. The van der Waals surface area contributed by atoms with Crippen LogP contribution >= 0.6 is 34.8 Å². The van der Waals surface area contributed by atoms with E-state index in [0.29, 0.717) is 20.8 Å². The van der Waals surface area contributed by atoms with Crippen LogP contribution in [0.2, 0.25) is 15.1 Å². The van der Waals surface area contributed by atoms with E-state index in [0.717, 1.165) is 5.57 Å². The monoisotopic (exact) mass is 468 g/mol. The molecule has 0 heterocycles. The molecule has 0 aliphatic heterocycles. The van der Waals surface area contributed by atoms with E-state index in [1.54, 1.807) is 30.3 Å². The zero-order valence-electron chi connectivity index (χ0n) is 16.4. The molecule has 31 heavy (non-hydrogen) atoms. The zero-order valence-corrected chi connectivity index (χ0v) is 18.7. The summed E-state index contributed by atoms with van der Waals surface area (Å²) in [5, 5.41) is 10.9. The first-order valence-electron chi connectivity index (χ1n) is 9.35. The fourth-order valence-corrected chi connectivity index (χ4v) is 3.31. The summed E-state index contributed by atoms with van der Waals surface area (Å²) >= 11 is 17.4. The third-order valence-corrected chi connectivity index (χ3v) is 5.04. The fraction of sp³-hybridized carbons (Fsp3) is 0. The zero-order chi connectivity index (χ0) is 22.2. The number of ether oxygens (including phenoxy) is 1. The van der Waals surface area contributed by atoms with Crippen molar-refractivity contribution in [3.05, 3.63) is 130 Å². The van der Waals surface area contributed by atoms with E-state index >= 15 is 0 Å². The van der Waals surface area contributed by atoms with Gasteiger partial charge in [0.05, 0.1) is 5.02 Å². The number of aromatic hydroxyl groups is 1. The molecule has 0 bridgehead atoms. The lowest BCUT2D eigenvalue weighted by atomic mass is 10.0. The number of hydrogen-bond donors (Lipinski definition) is 1. The molecule has 0 fully saturated rings. The minimum Gasteiger partial charge on any atom is -0.504 e. The number of rotatable bonds is 4. The summed E-state index contributed by atoms with van der Waals surface area (Å²) in [7, 11) is 0. The van der Waals surface area contributed by atoms with Crippen molar-refractivity contribution in [3.63, 3.8) is 0 Å². The molecule has 0 atom stereocenters. The van der Waals surface area contributed by atoms with Crippen molar-refractivity contribution in [2.45, 2.75) is 0 Å². The van der Waals surface area contributed by atoms with Crippen molar-refractivity contribution in [2.24, 2.45) is 0 Å². The normalized spacial score (nSPS) is 10.0. The van der Waals surface area contributed by atoms with Crippen LogP contribution in [0.1, 0.15) is 11.1 Å². The molecule has 0 saturated heterocycles. The molecule has 156 valence electrons. The Morgan fingerprint density at radius 3 is 1.61 bits per heavy atom. The van der Waals surface area contributed by atoms with Gasteiger partial charge in [-0.1, -0.05) is 102 Å². The Labute approximate surface area is 196 Å². The number of phenolic OH excluding ortho intramolecular Hbond substituents is 1. The van der Waals surface area contributed by atoms with Gasteiger partial charge in [-0.05, 0) is 47.0 Å². The Hall–Kier alpha value is -2.91. The molecule has 0 spiro atoms. The average Bonchev–Trinajstić information content (AvgIpc) is 2.78. The summed E-state index contributed by atoms with van der Waals surface area (Å²) in [4.78, 5) is 0. The van der Waals surface area contributed by atoms with Crippen molar-refractivity contribution >= 4 is 40.4 Å². The highest BCUT2D eigenvalue weighted by atomic mass is 35.5. The van der Waals surface area contributed by atoms with Gasteiger partial charge in [-0.25, -0.2) is 0 Å². The Balaban J connectivity index is 0.000000179. The number of hydrogen-bond acceptors (Lipinski definition) is 2. The first-order chi connectivity index (χ1) is 14.9. The van der Waals surface area contributed by atoms with Crippen molar-refractivity contribution < 1.29 is 9.84 Å². The third-order valence-electron chi connectivity index (χ3n) is 4.28. The number of halogens is 3. The predicted molar refractivity (Wildman–Crippen MR) is 131 cm³/mol. The Kier molecular flexibility index (Phi) is 8.02. The molecular weight excluding hydrogens is 451 g/mol. The molecule has 0 aromatic heterocycles. The summed E-state index contributed by atoms with van der Waals surface area (Å²) < 4.78 is 5.45. The first-order valence-corrected chi connectivity index (χ1v) is 10.5. The van der Waals surface area contributed by atoms with Crippen molar-refractivity contribution in [3.8, 4) is 17.2 Å². The SMILES string of the molecule is C=C(c1ccccc1)c1ccccc1.Oc1cc(Cl)ccc1Oc1ccc(Cl)cc1Cl. The second-order valence-corrected chi connectivity index (χ2v) is 7.78. The topological polar surface area (TPSA) is 29.5 Å². The van der Waals surface area contributed by atoms with E-state index in [2.05, 4.69) is 30.8 Å². The summed E-state index contributed by atoms with van der Waals surface area (Å²) in [6, 6.07) is 29.9. The quantitative estimate of drug-likeness (QED) is 0.323. The predicted octanol–water partition coefficient (Wildman–Crippen LogP) is 8.89. The van der Waals surface area contributed by atoms with E-state index in [9.17, 15) is 5.11 Å². The molecule has 5 heteroatoms. The van der Waals surface area contributed by atoms with Crippen molar-refractivity contribution in [1.82, 2.24) is 0 Å². The molecule has 0 unspecified atom stereocenters. The molecule has 0 amide bonds. The molecule has 4 rings (SSSR count). The van der Waals surface area contributed by atoms with E-state index < -0.39 is 0 Å². The highest BCUT2D eigenvalue weighted by Gasteiger charge is 2.08. The average molecular weight is 470 g/mol. The van der Waals surface area contributed by atoms with E-state index in [1.807, 2.05) is 36.4 Å². The summed E-state index contributed by atoms with van der Waals surface area (Å²) in [6.07, 6.45) is 0. The Morgan fingerprint density at radius 1 is 0.645 bits per heavy atom. The summed E-state index contributed by atoms with van der Waals surface area (Å²) in [6.45, 7) is 4.10. The molecule has 2 nitrogen and oxygen atoms in total. The van der Waals surface area contributed by atoms with E-state index in [1.165, 1.54) is 17.2 Å².